The summed E-state index contributed by atoms with van der Waals surface area (Å²) in [5.41, 5.74) is 5.75. The number of carbonyl (C=O) groups excluding carboxylic acids is 1. The van der Waals surface area contributed by atoms with Crippen molar-refractivity contribution in [2.45, 2.75) is 19.9 Å². The first kappa shape index (κ1) is 19.5. The molecule has 1 N–H and O–H groups in total. The molecule has 28 heavy (non-hydrogen) atoms. The highest BCUT2D eigenvalue weighted by atomic mass is 16.5. The van der Waals surface area contributed by atoms with Crippen LogP contribution in [0.2, 0.25) is 0 Å². The monoisotopic (exact) mass is 376 g/mol. The van der Waals surface area contributed by atoms with Gasteiger partial charge in [0.15, 0.2) is 0 Å². The molecule has 0 saturated heterocycles. The summed E-state index contributed by atoms with van der Waals surface area (Å²) in [6.45, 7) is 3.85. The second-order valence-corrected chi connectivity index (χ2v) is 6.29. The molecule has 0 atom stereocenters. The number of benzene rings is 1. The molecule has 0 saturated carbocycles. The molecule has 0 fully saturated rings. The van der Waals surface area contributed by atoms with Crippen molar-refractivity contribution >= 4 is 5.91 Å². The van der Waals surface area contributed by atoms with E-state index in [9.17, 15) is 4.79 Å². The highest BCUT2D eigenvalue weighted by Crippen LogP contribution is 2.14. The topological polar surface area (TPSA) is 67.3 Å². The van der Waals surface area contributed by atoms with Crippen molar-refractivity contribution in [1.29, 1.82) is 0 Å². The molecule has 2 aromatic heterocycles. The lowest BCUT2D eigenvalue weighted by atomic mass is 10.1. The number of rotatable bonds is 9. The van der Waals surface area contributed by atoms with Gasteiger partial charge in [-0.25, -0.2) is 5.01 Å². The Balaban J connectivity index is 1.68. The van der Waals surface area contributed by atoms with E-state index >= 15 is 0 Å². The molecule has 0 aliphatic carbocycles. The van der Waals surface area contributed by atoms with E-state index in [1.807, 2.05) is 42.3 Å². The Labute approximate surface area is 165 Å². The van der Waals surface area contributed by atoms with Crippen molar-refractivity contribution in [3.8, 4) is 5.75 Å². The zero-order chi connectivity index (χ0) is 19.6. The molecule has 0 spiro atoms. The third-order valence-corrected chi connectivity index (χ3v) is 4.19. The highest BCUT2D eigenvalue weighted by Gasteiger charge is 2.12. The fourth-order valence-electron chi connectivity index (χ4n) is 2.81. The maximum Gasteiger partial charge on any atom is 0.267 e. The molecule has 0 radical (unpaired) electrons. The van der Waals surface area contributed by atoms with Crippen molar-refractivity contribution in [1.82, 2.24) is 20.4 Å². The maximum atomic E-state index is 12.6. The molecule has 0 unspecified atom stereocenters. The number of hydrogen-bond acceptors (Lipinski definition) is 5. The maximum absolute atomic E-state index is 12.6. The van der Waals surface area contributed by atoms with Crippen LogP contribution >= 0.6 is 0 Å². The van der Waals surface area contributed by atoms with E-state index in [2.05, 4.69) is 21.5 Å². The molecule has 0 bridgehead atoms. The first-order valence-corrected chi connectivity index (χ1v) is 9.31. The van der Waals surface area contributed by atoms with Crippen LogP contribution in [-0.2, 0) is 13.0 Å². The molecular weight excluding hydrogens is 352 g/mol. The van der Waals surface area contributed by atoms with Crippen molar-refractivity contribution in [2.75, 3.05) is 13.2 Å². The molecule has 0 aliphatic heterocycles. The van der Waals surface area contributed by atoms with E-state index in [1.165, 1.54) is 0 Å². The largest absolute Gasteiger partial charge is 0.494 e. The van der Waals surface area contributed by atoms with Crippen LogP contribution in [0.5, 0.6) is 5.75 Å². The second-order valence-electron chi connectivity index (χ2n) is 6.29. The fraction of sp³-hybridized carbons (Fsp3) is 0.227. The van der Waals surface area contributed by atoms with Gasteiger partial charge in [0, 0.05) is 37.9 Å². The van der Waals surface area contributed by atoms with Gasteiger partial charge in [0.2, 0.25) is 0 Å². The number of carbonyl (C=O) groups is 1. The van der Waals surface area contributed by atoms with Gasteiger partial charge in [-0.1, -0.05) is 12.1 Å². The molecule has 6 nitrogen and oxygen atoms in total. The third kappa shape index (κ3) is 5.89. The van der Waals surface area contributed by atoms with Crippen LogP contribution in [0.4, 0.5) is 0 Å². The van der Waals surface area contributed by atoms with E-state index in [4.69, 9.17) is 4.74 Å². The summed E-state index contributed by atoms with van der Waals surface area (Å²) >= 11 is 0. The Morgan fingerprint density at radius 3 is 2.64 bits per heavy atom. The molecule has 3 aromatic rings. The van der Waals surface area contributed by atoms with Gasteiger partial charge < -0.3 is 4.74 Å². The first-order valence-electron chi connectivity index (χ1n) is 9.31. The van der Waals surface area contributed by atoms with Crippen LogP contribution in [0.1, 0.15) is 28.4 Å². The average Bonchev–Trinajstić information content (AvgIpc) is 2.74. The van der Waals surface area contributed by atoms with Crippen molar-refractivity contribution in [2.24, 2.45) is 0 Å². The van der Waals surface area contributed by atoms with Crippen molar-refractivity contribution in [3.63, 3.8) is 0 Å². The number of pyridine rings is 2. The van der Waals surface area contributed by atoms with Gasteiger partial charge in [0.1, 0.15) is 5.75 Å². The summed E-state index contributed by atoms with van der Waals surface area (Å²) in [5.74, 6) is 0.685. The van der Waals surface area contributed by atoms with Gasteiger partial charge in [0.05, 0.1) is 12.2 Å². The Hall–Kier alpha value is -3.25. The lowest BCUT2D eigenvalue weighted by Crippen LogP contribution is -2.42. The summed E-state index contributed by atoms with van der Waals surface area (Å²) in [6.07, 6.45) is 7.49. The lowest BCUT2D eigenvalue weighted by Gasteiger charge is -2.23. The summed E-state index contributed by atoms with van der Waals surface area (Å²) in [4.78, 5) is 20.6. The van der Waals surface area contributed by atoms with Gasteiger partial charge in [0.25, 0.3) is 5.91 Å². The minimum absolute atomic E-state index is 0.176. The molecule has 144 valence electrons. The summed E-state index contributed by atoms with van der Waals surface area (Å²) < 4.78 is 5.57. The van der Waals surface area contributed by atoms with Crippen molar-refractivity contribution < 1.29 is 9.53 Å². The number of hydrazine groups is 1. The Kier molecular flexibility index (Phi) is 7.09. The SMILES string of the molecule is CCOc1cccc(CCN(Cc2ccncc2)NC(=O)c2cccnc2)c1. The zero-order valence-electron chi connectivity index (χ0n) is 15.9. The lowest BCUT2D eigenvalue weighted by molar-refractivity contribution is 0.0776. The predicted molar refractivity (Wildman–Crippen MR) is 108 cm³/mol. The van der Waals surface area contributed by atoms with Crippen LogP contribution in [0.15, 0.2) is 73.3 Å². The van der Waals surface area contributed by atoms with Gasteiger partial charge in [-0.3, -0.25) is 20.2 Å². The number of nitrogens with zero attached hydrogens (tertiary/aromatic N) is 3. The minimum Gasteiger partial charge on any atom is -0.494 e. The number of aromatic nitrogens is 2. The van der Waals surface area contributed by atoms with Gasteiger partial charge >= 0.3 is 0 Å². The first-order chi connectivity index (χ1) is 13.7. The zero-order valence-corrected chi connectivity index (χ0v) is 15.9. The van der Waals surface area contributed by atoms with E-state index in [-0.39, 0.29) is 5.91 Å². The van der Waals surface area contributed by atoms with E-state index in [0.29, 0.717) is 25.3 Å². The standard InChI is InChI=1S/C22H24N4O2/c1-2-28-21-7-3-5-18(15-21)10-14-26(17-19-8-12-23-13-9-19)25-22(27)20-6-4-11-24-16-20/h3-9,11-13,15-16H,2,10,14,17H2,1H3,(H,25,27). The molecule has 2 heterocycles. The molecular formula is C22H24N4O2. The molecule has 1 amide bonds. The van der Waals surface area contributed by atoms with E-state index in [1.54, 1.807) is 36.9 Å². The minimum atomic E-state index is -0.176. The summed E-state index contributed by atoms with van der Waals surface area (Å²) in [6, 6.07) is 15.4. The van der Waals surface area contributed by atoms with E-state index in [0.717, 1.165) is 23.3 Å². The van der Waals surface area contributed by atoms with Gasteiger partial charge in [-0.05, 0) is 60.9 Å². The summed E-state index contributed by atoms with van der Waals surface area (Å²) in [7, 11) is 0. The van der Waals surface area contributed by atoms with Crippen LogP contribution in [0.3, 0.4) is 0 Å². The van der Waals surface area contributed by atoms with E-state index < -0.39 is 0 Å². The number of ether oxygens (including phenoxy) is 1. The quantitative estimate of drug-likeness (QED) is 0.581. The van der Waals surface area contributed by atoms with Crippen LogP contribution in [0, 0.1) is 0 Å². The van der Waals surface area contributed by atoms with Crippen molar-refractivity contribution in [3.05, 3.63) is 90.0 Å². The Morgan fingerprint density at radius 2 is 1.89 bits per heavy atom. The van der Waals surface area contributed by atoms with Crippen LogP contribution < -0.4 is 10.2 Å². The Bertz CT molecular complexity index is 872. The van der Waals surface area contributed by atoms with Gasteiger partial charge in [-0.15, -0.1) is 0 Å². The summed E-state index contributed by atoms with van der Waals surface area (Å²) in [5, 5.41) is 1.91. The van der Waals surface area contributed by atoms with Crippen LogP contribution in [0.25, 0.3) is 0 Å². The molecule has 3 rings (SSSR count). The number of hydrogen-bond donors (Lipinski definition) is 1. The van der Waals surface area contributed by atoms with Gasteiger partial charge in [-0.2, -0.15) is 0 Å². The number of nitrogens with one attached hydrogen (secondary N) is 1. The predicted octanol–water partition coefficient (Wildman–Crippen LogP) is 3.27. The smallest absolute Gasteiger partial charge is 0.267 e. The Morgan fingerprint density at radius 1 is 1.04 bits per heavy atom. The fourth-order valence-corrected chi connectivity index (χ4v) is 2.81. The van der Waals surface area contributed by atoms with Crippen LogP contribution in [-0.4, -0.2) is 34.0 Å². The molecule has 1 aromatic carbocycles. The third-order valence-electron chi connectivity index (χ3n) is 4.19. The average molecular weight is 376 g/mol. The second kappa shape index (κ2) is 10.2. The number of amides is 1. The molecule has 0 aliphatic rings. The molecule has 6 heteroatoms. The normalized spacial score (nSPS) is 10.6. The highest BCUT2D eigenvalue weighted by molar-refractivity contribution is 5.93.